The molecule has 90 valence electrons. The van der Waals surface area contributed by atoms with Crippen LogP contribution in [0.1, 0.15) is 38.7 Å². The van der Waals surface area contributed by atoms with E-state index in [0.29, 0.717) is 5.92 Å². The van der Waals surface area contributed by atoms with Gasteiger partial charge >= 0.3 is 0 Å². The molecule has 0 aliphatic rings. The summed E-state index contributed by atoms with van der Waals surface area (Å²) in [6.45, 7) is 8.23. The van der Waals surface area contributed by atoms with Crippen molar-refractivity contribution in [3.05, 3.63) is 35.6 Å². The zero-order valence-corrected chi connectivity index (χ0v) is 10.5. The lowest BCUT2D eigenvalue weighted by Crippen LogP contribution is -2.23. The van der Waals surface area contributed by atoms with Gasteiger partial charge in [-0.3, -0.25) is 0 Å². The van der Waals surface area contributed by atoms with Gasteiger partial charge in [-0.2, -0.15) is 0 Å². The van der Waals surface area contributed by atoms with Crippen LogP contribution in [-0.2, 0) is 0 Å². The second-order valence-electron chi connectivity index (χ2n) is 4.66. The molecule has 1 nitrogen and oxygen atoms in total. The van der Waals surface area contributed by atoms with Gasteiger partial charge in [0.05, 0.1) is 0 Å². The van der Waals surface area contributed by atoms with Crippen molar-refractivity contribution in [2.75, 3.05) is 13.1 Å². The second-order valence-corrected chi connectivity index (χ2v) is 4.66. The maximum absolute atomic E-state index is 13.7. The van der Waals surface area contributed by atoms with Crippen LogP contribution in [-0.4, -0.2) is 13.1 Å². The Kier molecular flexibility index (Phi) is 5.47. The van der Waals surface area contributed by atoms with Crippen molar-refractivity contribution < 1.29 is 4.39 Å². The zero-order chi connectivity index (χ0) is 12.0. The predicted octanol–water partition coefficient (Wildman–Crippen LogP) is 3.56. The Balaban J connectivity index is 2.78. The Morgan fingerprint density at radius 3 is 2.50 bits per heavy atom. The molecule has 16 heavy (non-hydrogen) atoms. The van der Waals surface area contributed by atoms with E-state index >= 15 is 0 Å². The van der Waals surface area contributed by atoms with Gasteiger partial charge < -0.3 is 5.32 Å². The van der Waals surface area contributed by atoms with Crippen LogP contribution >= 0.6 is 0 Å². The average molecular weight is 223 g/mol. The summed E-state index contributed by atoms with van der Waals surface area (Å²) >= 11 is 0. The van der Waals surface area contributed by atoms with Crippen LogP contribution in [0.15, 0.2) is 24.3 Å². The number of hydrogen-bond acceptors (Lipinski definition) is 1. The highest BCUT2D eigenvalue weighted by molar-refractivity contribution is 5.22. The fourth-order valence-corrected chi connectivity index (χ4v) is 2.01. The lowest BCUT2D eigenvalue weighted by Gasteiger charge is -2.20. The summed E-state index contributed by atoms with van der Waals surface area (Å²) in [5.74, 6) is 0.787. The van der Waals surface area contributed by atoms with E-state index in [4.69, 9.17) is 0 Å². The van der Waals surface area contributed by atoms with Gasteiger partial charge in [0.15, 0.2) is 0 Å². The molecule has 2 heteroatoms. The van der Waals surface area contributed by atoms with Crippen LogP contribution in [0.2, 0.25) is 0 Å². The Bertz CT molecular complexity index is 309. The van der Waals surface area contributed by atoms with E-state index in [9.17, 15) is 4.39 Å². The minimum Gasteiger partial charge on any atom is -0.316 e. The first-order valence-electron chi connectivity index (χ1n) is 6.10. The molecule has 0 fully saturated rings. The van der Waals surface area contributed by atoms with Crippen molar-refractivity contribution in [1.82, 2.24) is 5.32 Å². The standard InChI is InChI=1S/C14H22FN/c1-4-16-10-12(9-11(2)3)13-7-5-6-8-14(13)15/h5-8,11-12,16H,4,9-10H2,1-3H3. The first-order valence-corrected chi connectivity index (χ1v) is 6.10. The van der Waals surface area contributed by atoms with Crippen molar-refractivity contribution in [3.8, 4) is 0 Å². The van der Waals surface area contributed by atoms with E-state index in [1.165, 1.54) is 0 Å². The number of rotatable bonds is 6. The number of nitrogens with one attached hydrogen (secondary N) is 1. The Morgan fingerprint density at radius 1 is 1.25 bits per heavy atom. The molecule has 0 saturated carbocycles. The first kappa shape index (κ1) is 13.2. The van der Waals surface area contributed by atoms with Crippen LogP contribution in [0.25, 0.3) is 0 Å². The van der Waals surface area contributed by atoms with E-state index in [2.05, 4.69) is 26.1 Å². The molecule has 1 N–H and O–H groups in total. The highest BCUT2D eigenvalue weighted by atomic mass is 19.1. The summed E-state index contributed by atoms with van der Waals surface area (Å²) in [7, 11) is 0. The Hall–Kier alpha value is -0.890. The molecule has 0 spiro atoms. The van der Waals surface area contributed by atoms with E-state index < -0.39 is 0 Å². The van der Waals surface area contributed by atoms with Gasteiger partial charge in [0.25, 0.3) is 0 Å². The van der Waals surface area contributed by atoms with Crippen LogP contribution in [0.3, 0.4) is 0 Å². The van der Waals surface area contributed by atoms with E-state index in [1.54, 1.807) is 12.1 Å². The van der Waals surface area contributed by atoms with Gasteiger partial charge in [0.1, 0.15) is 5.82 Å². The largest absolute Gasteiger partial charge is 0.316 e. The van der Waals surface area contributed by atoms with Gasteiger partial charge in [0.2, 0.25) is 0 Å². The van der Waals surface area contributed by atoms with Crippen LogP contribution in [0.4, 0.5) is 4.39 Å². The van der Waals surface area contributed by atoms with Crippen LogP contribution in [0, 0.1) is 11.7 Å². The summed E-state index contributed by atoms with van der Waals surface area (Å²) in [6.07, 6.45) is 1.02. The summed E-state index contributed by atoms with van der Waals surface area (Å²) < 4.78 is 13.7. The average Bonchev–Trinajstić information content (AvgIpc) is 2.24. The second kappa shape index (κ2) is 6.64. The minimum absolute atomic E-state index is 0.0777. The molecule has 1 rings (SSSR count). The normalized spacial score (nSPS) is 13.1. The molecule has 0 saturated heterocycles. The van der Waals surface area contributed by atoms with Gasteiger partial charge in [-0.25, -0.2) is 4.39 Å². The Morgan fingerprint density at radius 2 is 1.94 bits per heavy atom. The van der Waals surface area contributed by atoms with Gasteiger partial charge in [-0.15, -0.1) is 0 Å². The molecule has 0 aliphatic carbocycles. The molecule has 0 radical (unpaired) electrons. The first-order chi connectivity index (χ1) is 7.65. The third-order valence-corrected chi connectivity index (χ3v) is 2.74. The summed E-state index contributed by atoms with van der Waals surface area (Å²) in [5, 5.41) is 3.31. The monoisotopic (exact) mass is 223 g/mol. The number of benzene rings is 1. The van der Waals surface area contributed by atoms with Gasteiger partial charge in [-0.1, -0.05) is 39.0 Å². The Labute approximate surface area is 98.1 Å². The summed E-state index contributed by atoms with van der Waals surface area (Å²) in [5.41, 5.74) is 0.845. The molecule has 0 bridgehead atoms. The predicted molar refractivity (Wildman–Crippen MR) is 67.1 cm³/mol. The number of halogens is 1. The lowest BCUT2D eigenvalue weighted by atomic mass is 9.90. The smallest absolute Gasteiger partial charge is 0.126 e. The summed E-state index contributed by atoms with van der Waals surface area (Å²) in [6, 6.07) is 7.12. The summed E-state index contributed by atoms with van der Waals surface area (Å²) in [4.78, 5) is 0. The fourth-order valence-electron chi connectivity index (χ4n) is 2.01. The molecule has 0 heterocycles. The molecular formula is C14H22FN. The van der Waals surface area contributed by atoms with E-state index in [-0.39, 0.29) is 11.7 Å². The molecule has 0 aliphatic heterocycles. The third kappa shape index (κ3) is 3.93. The highest BCUT2D eigenvalue weighted by Gasteiger charge is 2.16. The molecule has 0 aromatic heterocycles. The topological polar surface area (TPSA) is 12.0 Å². The maximum atomic E-state index is 13.7. The number of likely N-dealkylation sites (N-methyl/N-ethyl adjacent to an activating group) is 1. The van der Waals surface area contributed by atoms with Gasteiger partial charge in [-0.05, 0) is 36.4 Å². The van der Waals surface area contributed by atoms with Crippen molar-refractivity contribution in [1.29, 1.82) is 0 Å². The van der Waals surface area contributed by atoms with Crippen LogP contribution < -0.4 is 5.32 Å². The van der Waals surface area contributed by atoms with Crippen LogP contribution in [0.5, 0.6) is 0 Å². The van der Waals surface area contributed by atoms with Crippen molar-refractivity contribution in [2.45, 2.75) is 33.1 Å². The molecular weight excluding hydrogens is 201 g/mol. The molecule has 1 aromatic carbocycles. The molecule has 1 unspecified atom stereocenters. The number of hydrogen-bond donors (Lipinski definition) is 1. The molecule has 1 aromatic rings. The van der Waals surface area contributed by atoms with Gasteiger partial charge in [0, 0.05) is 6.54 Å². The van der Waals surface area contributed by atoms with E-state index in [1.807, 2.05) is 12.1 Å². The molecule has 1 atom stereocenters. The fraction of sp³-hybridized carbons (Fsp3) is 0.571. The maximum Gasteiger partial charge on any atom is 0.126 e. The van der Waals surface area contributed by atoms with Crippen molar-refractivity contribution >= 4 is 0 Å². The zero-order valence-electron chi connectivity index (χ0n) is 10.5. The quantitative estimate of drug-likeness (QED) is 0.777. The minimum atomic E-state index is -0.0777. The van der Waals surface area contributed by atoms with Crippen molar-refractivity contribution in [2.24, 2.45) is 5.92 Å². The third-order valence-electron chi connectivity index (χ3n) is 2.74. The SMILES string of the molecule is CCNCC(CC(C)C)c1ccccc1F. The lowest BCUT2D eigenvalue weighted by molar-refractivity contribution is 0.459. The molecule has 0 amide bonds. The highest BCUT2D eigenvalue weighted by Crippen LogP contribution is 2.25. The van der Waals surface area contributed by atoms with Crippen molar-refractivity contribution in [3.63, 3.8) is 0 Å². The van der Waals surface area contributed by atoms with E-state index in [0.717, 1.165) is 25.1 Å².